The lowest BCUT2D eigenvalue weighted by Crippen LogP contribution is -2.42. The second kappa shape index (κ2) is 6.67. The molecule has 16 heavy (non-hydrogen) atoms. The molecule has 0 bridgehead atoms. The summed E-state index contributed by atoms with van der Waals surface area (Å²) >= 11 is 2.08. The number of nitrogens with two attached hydrogens (primary N) is 1. The first kappa shape index (κ1) is 12.5. The van der Waals surface area contributed by atoms with Crippen molar-refractivity contribution in [3.8, 4) is 0 Å². The molecule has 1 fully saturated rings. The van der Waals surface area contributed by atoms with Crippen LogP contribution >= 0.6 is 11.8 Å². The molecule has 1 heterocycles. The van der Waals surface area contributed by atoms with E-state index in [1.807, 2.05) is 0 Å². The largest absolute Gasteiger partial charge is 0.329 e. The Morgan fingerprint density at radius 2 is 2.50 bits per heavy atom. The summed E-state index contributed by atoms with van der Waals surface area (Å²) in [6.45, 7) is 1.92. The third kappa shape index (κ3) is 3.51. The van der Waals surface area contributed by atoms with E-state index in [0.717, 1.165) is 19.0 Å². The van der Waals surface area contributed by atoms with Crippen molar-refractivity contribution in [2.75, 3.05) is 24.6 Å². The summed E-state index contributed by atoms with van der Waals surface area (Å²) in [7, 11) is 0. The average Bonchev–Trinajstić information content (AvgIpc) is 2.96. The van der Waals surface area contributed by atoms with Crippen molar-refractivity contribution in [2.45, 2.75) is 38.1 Å². The summed E-state index contributed by atoms with van der Waals surface area (Å²) in [5.41, 5.74) is 7.52. The Morgan fingerprint density at radius 3 is 3.12 bits per heavy atom. The van der Waals surface area contributed by atoms with E-state index in [4.69, 9.17) is 5.73 Å². The summed E-state index contributed by atoms with van der Waals surface area (Å²) in [4.78, 5) is 0. The quantitative estimate of drug-likeness (QED) is 0.699. The van der Waals surface area contributed by atoms with Gasteiger partial charge in [-0.05, 0) is 56.1 Å². The van der Waals surface area contributed by atoms with Crippen molar-refractivity contribution >= 4 is 11.8 Å². The first-order valence-corrected chi connectivity index (χ1v) is 7.74. The van der Waals surface area contributed by atoms with E-state index < -0.39 is 0 Å². The molecular weight excluding hydrogens is 216 g/mol. The molecule has 92 valence electrons. The highest BCUT2D eigenvalue weighted by atomic mass is 32.2. The van der Waals surface area contributed by atoms with Crippen LogP contribution in [0.5, 0.6) is 0 Å². The molecule has 2 unspecified atom stereocenters. The molecule has 1 aliphatic carbocycles. The van der Waals surface area contributed by atoms with E-state index in [9.17, 15) is 0 Å². The molecule has 3 heteroatoms. The fourth-order valence-corrected chi connectivity index (χ4v) is 4.03. The molecule has 0 aromatic heterocycles. The van der Waals surface area contributed by atoms with Gasteiger partial charge in [-0.15, -0.1) is 0 Å². The van der Waals surface area contributed by atoms with Crippen LogP contribution in [0.3, 0.4) is 0 Å². The Balaban J connectivity index is 1.66. The van der Waals surface area contributed by atoms with Crippen molar-refractivity contribution in [3.05, 3.63) is 11.6 Å². The molecular formula is C13H24N2S. The van der Waals surface area contributed by atoms with E-state index in [1.54, 1.807) is 5.57 Å². The molecule has 2 nitrogen and oxygen atoms in total. The van der Waals surface area contributed by atoms with Crippen LogP contribution in [0.2, 0.25) is 0 Å². The van der Waals surface area contributed by atoms with Crippen molar-refractivity contribution in [3.63, 3.8) is 0 Å². The molecule has 2 aliphatic rings. The zero-order chi connectivity index (χ0) is 11.2. The van der Waals surface area contributed by atoms with Crippen LogP contribution in [0.4, 0.5) is 0 Å². The third-order valence-electron chi connectivity index (χ3n) is 3.78. The van der Waals surface area contributed by atoms with Gasteiger partial charge in [-0.3, -0.25) is 0 Å². The maximum Gasteiger partial charge on any atom is 0.0226 e. The van der Waals surface area contributed by atoms with Crippen LogP contribution in [0.1, 0.15) is 32.1 Å². The number of rotatable bonds is 6. The van der Waals surface area contributed by atoms with Gasteiger partial charge in [0.1, 0.15) is 0 Å². The van der Waals surface area contributed by atoms with Crippen molar-refractivity contribution in [1.29, 1.82) is 0 Å². The molecule has 0 saturated carbocycles. The Morgan fingerprint density at radius 1 is 1.56 bits per heavy atom. The second-order valence-corrected chi connectivity index (χ2v) is 6.07. The maximum atomic E-state index is 5.86. The van der Waals surface area contributed by atoms with Gasteiger partial charge in [-0.2, -0.15) is 11.8 Å². The maximum absolute atomic E-state index is 5.86. The minimum absolute atomic E-state index is 0.553. The van der Waals surface area contributed by atoms with Crippen molar-refractivity contribution in [2.24, 2.45) is 11.7 Å². The first-order valence-electron chi connectivity index (χ1n) is 6.59. The van der Waals surface area contributed by atoms with Crippen LogP contribution in [-0.2, 0) is 0 Å². The monoisotopic (exact) mass is 240 g/mol. The zero-order valence-electron chi connectivity index (χ0n) is 10.1. The molecule has 0 amide bonds. The number of nitrogens with one attached hydrogen (secondary N) is 1. The Kier molecular flexibility index (Phi) is 5.20. The lowest BCUT2D eigenvalue weighted by molar-refractivity contribution is 0.390. The molecule has 0 aromatic carbocycles. The molecule has 0 spiro atoms. The van der Waals surface area contributed by atoms with Gasteiger partial charge in [0, 0.05) is 12.6 Å². The van der Waals surface area contributed by atoms with Crippen LogP contribution in [-0.4, -0.2) is 30.6 Å². The number of thioether (sulfide) groups is 1. The third-order valence-corrected chi connectivity index (χ3v) is 4.96. The smallest absolute Gasteiger partial charge is 0.0226 e. The lowest BCUT2D eigenvalue weighted by Gasteiger charge is -2.22. The summed E-state index contributed by atoms with van der Waals surface area (Å²) in [6, 6.07) is 0.553. The van der Waals surface area contributed by atoms with E-state index in [0.29, 0.717) is 6.04 Å². The lowest BCUT2D eigenvalue weighted by atomic mass is 9.99. The summed E-state index contributed by atoms with van der Waals surface area (Å²) in [5.74, 6) is 3.44. The standard InChI is InChI=1S/C13H24N2S/c14-9-13(12-6-8-16-10-12)15-7-5-11-3-1-2-4-11/h3,12-13,15H,1-2,4-10,14H2. The second-order valence-electron chi connectivity index (χ2n) is 4.92. The van der Waals surface area contributed by atoms with Crippen molar-refractivity contribution < 1.29 is 0 Å². The molecule has 0 radical (unpaired) electrons. The topological polar surface area (TPSA) is 38.0 Å². The molecule has 2 rings (SSSR count). The van der Waals surface area contributed by atoms with Gasteiger partial charge >= 0.3 is 0 Å². The Hall–Kier alpha value is 0.01000. The van der Waals surface area contributed by atoms with Crippen molar-refractivity contribution in [1.82, 2.24) is 5.32 Å². The first-order chi connectivity index (χ1) is 7.90. The minimum Gasteiger partial charge on any atom is -0.329 e. The number of allylic oxidation sites excluding steroid dienone is 1. The van der Waals surface area contributed by atoms with E-state index in [2.05, 4.69) is 23.2 Å². The van der Waals surface area contributed by atoms with Gasteiger partial charge < -0.3 is 11.1 Å². The SMILES string of the molecule is NCC(NCCC1=CCCC1)C1CCSC1. The molecule has 0 aromatic rings. The van der Waals surface area contributed by atoms with Crippen LogP contribution in [0.15, 0.2) is 11.6 Å². The van der Waals surface area contributed by atoms with Gasteiger partial charge in [0.2, 0.25) is 0 Å². The highest BCUT2D eigenvalue weighted by Gasteiger charge is 2.23. The summed E-state index contributed by atoms with van der Waals surface area (Å²) in [6.07, 6.45) is 9.00. The van der Waals surface area contributed by atoms with E-state index in [-0.39, 0.29) is 0 Å². The van der Waals surface area contributed by atoms with Gasteiger partial charge in [0.05, 0.1) is 0 Å². The summed E-state index contributed by atoms with van der Waals surface area (Å²) < 4.78 is 0. The molecule has 3 N–H and O–H groups in total. The van der Waals surface area contributed by atoms with E-state index >= 15 is 0 Å². The van der Waals surface area contributed by atoms with Gasteiger partial charge in [-0.25, -0.2) is 0 Å². The normalized spacial score (nSPS) is 27.1. The van der Waals surface area contributed by atoms with Crippen LogP contribution < -0.4 is 11.1 Å². The predicted octanol–water partition coefficient (Wildman–Crippen LogP) is 2.16. The zero-order valence-corrected chi connectivity index (χ0v) is 10.9. The van der Waals surface area contributed by atoms with Gasteiger partial charge in [0.15, 0.2) is 0 Å². The predicted molar refractivity (Wildman–Crippen MR) is 72.8 cm³/mol. The number of hydrogen-bond acceptors (Lipinski definition) is 3. The van der Waals surface area contributed by atoms with E-state index in [1.165, 1.54) is 43.6 Å². The van der Waals surface area contributed by atoms with Crippen LogP contribution in [0, 0.1) is 5.92 Å². The molecule has 1 aliphatic heterocycles. The fraction of sp³-hybridized carbons (Fsp3) is 0.846. The summed E-state index contributed by atoms with van der Waals surface area (Å²) in [5, 5.41) is 3.66. The average molecular weight is 240 g/mol. The van der Waals surface area contributed by atoms with Gasteiger partial charge in [-0.1, -0.05) is 11.6 Å². The molecule has 1 saturated heterocycles. The highest BCUT2D eigenvalue weighted by Crippen LogP contribution is 2.26. The van der Waals surface area contributed by atoms with Gasteiger partial charge in [0.25, 0.3) is 0 Å². The highest BCUT2D eigenvalue weighted by molar-refractivity contribution is 7.99. The fourth-order valence-electron chi connectivity index (χ4n) is 2.70. The molecule has 2 atom stereocenters. The Labute approximate surface area is 103 Å². The number of hydrogen-bond donors (Lipinski definition) is 2. The Bertz CT molecular complexity index is 234. The minimum atomic E-state index is 0.553. The van der Waals surface area contributed by atoms with Crippen LogP contribution in [0.25, 0.3) is 0 Å².